The Hall–Kier alpha value is -2.24. The van der Waals surface area contributed by atoms with Gasteiger partial charge in [0.2, 0.25) is 0 Å². The third-order valence-electron chi connectivity index (χ3n) is 2.71. The molecule has 19 heavy (non-hydrogen) atoms. The summed E-state index contributed by atoms with van der Waals surface area (Å²) in [6.07, 6.45) is 1.46. The van der Waals surface area contributed by atoms with Gasteiger partial charge in [-0.05, 0) is 32.0 Å². The van der Waals surface area contributed by atoms with Gasteiger partial charge in [0.15, 0.2) is 11.6 Å². The van der Waals surface area contributed by atoms with E-state index >= 15 is 0 Å². The van der Waals surface area contributed by atoms with E-state index in [2.05, 4.69) is 5.10 Å². The second-order valence-electron chi connectivity index (χ2n) is 4.38. The van der Waals surface area contributed by atoms with Crippen molar-refractivity contribution < 1.29 is 18.7 Å². The highest BCUT2D eigenvalue weighted by molar-refractivity contribution is 5.89. The zero-order chi connectivity index (χ0) is 14.2. The first-order valence-electron chi connectivity index (χ1n) is 5.68. The van der Waals surface area contributed by atoms with Gasteiger partial charge >= 0.3 is 5.97 Å². The third-order valence-corrected chi connectivity index (χ3v) is 2.71. The summed E-state index contributed by atoms with van der Waals surface area (Å²) < 4.78 is 28.8. The van der Waals surface area contributed by atoms with Gasteiger partial charge in [-0.1, -0.05) is 0 Å². The number of hydrogen-bond acceptors (Lipinski definition) is 2. The van der Waals surface area contributed by atoms with Gasteiger partial charge in [0.25, 0.3) is 0 Å². The Morgan fingerprint density at radius 2 is 2.05 bits per heavy atom. The van der Waals surface area contributed by atoms with Crippen LogP contribution >= 0.6 is 0 Å². The van der Waals surface area contributed by atoms with E-state index in [0.717, 1.165) is 6.07 Å². The lowest BCUT2D eigenvalue weighted by atomic mass is 10.1. The second-order valence-corrected chi connectivity index (χ2v) is 4.38. The summed E-state index contributed by atoms with van der Waals surface area (Å²) in [5, 5.41) is 12.9. The van der Waals surface area contributed by atoms with Crippen molar-refractivity contribution in [2.24, 2.45) is 0 Å². The first-order valence-corrected chi connectivity index (χ1v) is 5.68. The zero-order valence-corrected chi connectivity index (χ0v) is 10.4. The summed E-state index contributed by atoms with van der Waals surface area (Å²) >= 11 is 0. The first-order chi connectivity index (χ1) is 8.91. The molecule has 4 nitrogen and oxygen atoms in total. The Labute approximate surface area is 108 Å². The molecule has 0 unspecified atom stereocenters. The normalized spacial score (nSPS) is 11.0. The molecular formula is C13H12F2N2O2. The van der Waals surface area contributed by atoms with Gasteiger partial charge in [-0.2, -0.15) is 5.10 Å². The van der Waals surface area contributed by atoms with E-state index in [-0.39, 0.29) is 17.2 Å². The molecule has 0 amide bonds. The van der Waals surface area contributed by atoms with Gasteiger partial charge in [0.1, 0.15) is 0 Å². The highest BCUT2D eigenvalue weighted by Crippen LogP contribution is 2.27. The summed E-state index contributed by atoms with van der Waals surface area (Å²) in [4.78, 5) is 10.9. The van der Waals surface area contributed by atoms with Crippen LogP contribution in [-0.2, 0) is 0 Å². The predicted octanol–water partition coefficient (Wildman–Crippen LogP) is 3.11. The molecule has 1 N–H and O–H groups in total. The van der Waals surface area contributed by atoms with Gasteiger partial charge in [-0.25, -0.2) is 13.6 Å². The molecule has 0 spiro atoms. The molecule has 1 aromatic heterocycles. The van der Waals surface area contributed by atoms with Crippen molar-refractivity contribution in [3.05, 3.63) is 41.6 Å². The number of hydrogen-bond donors (Lipinski definition) is 1. The number of rotatable bonds is 3. The Morgan fingerprint density at radius 3 is 2.63 bits per heavy atom. The quantitative estimate of drug-likeness (QED) is 0.928. The van der Waals surface area contributed by atoms with Crippen LogP contribution in [0.3, 0.4) is 0 Å². The number of aromatic nitrogens is 2. The summed E-state index contributed by atoms with van der Waals surface area (Å²) in [6, 6.07) is 3.23. The molecule has 1 aromatic carbocycles. The zero-order valence-electron chi connectivity index (χ0n) is 10.4. The number of aromatic carboxylic acids is 1. The topological polar surface area (TPSA) is 55.1 Å². The standard InChI is InChI=1S/C13H12F2N2O2/c1-7(2)17-11(3-4-16-17)9-5-8(13(18)19)6-10(14)12(9)15/h3-7H,1-2H3,(H,18,19). The van der Waals surface area contributed by atoms with Crippen LogP contribution in [0.2, 0.25) is 0 Å². The average molecular weight is 266 g/mol. The molecule has 0 saturated carbocycles. The minimum absolute atomic E-state index is 0.0547. The van der Waals surface area contributed by atoms with Crippen molar-refractivity contribution in [1.29, 1.82) is 0 Å². The molecule has 0 atom stereocenters. The number of benzene rings is 1. The Bertz CT molecular complexity index is 636. The smallest absolute Gasteiger partial charge is 0.335 e. The van der Waals surface area contributed by atoms with Gasteiger partial charge in [0, 0.05) is 17.8 Å². The van der Waals surface area contributed by atoms with E-state index in [9.17, 15) is 13.6 Å². The molecule has 0 aliphatic heterocycles. The van der Waals surface area contributed by atoms with Crippen LogP contribution in [0.4, 0.5) is 8.78 Å². The fourth-order valence-electron chi connectivity index (χ4n) is 1.84. The minimum atomic E-state index is -1.31. The highest BCUT2D eigenvalue weighted by Gasteiger charge is 2.19. The molecular weight excluding hydrogens is 254 g/mol. The lowest BCUT2D eigenvalue weighted by molar-refractivity contribution is 0.0696. The lowest BCUT2D eigenvalue weighted by Gasteiger charge is -2.12. The maximum absolute atomic E-state index is 13.8. The van der Waals surface area contributed by atoms with Crippen molar-refractivity contribution in [2.75, 3.05) is 0 Å². The van der Waals surface area contributed by atoms with E-state index in [1.165, 1.54) is 16.9 Å². The average Bonchev–Trinajstić information content (AvgIpc) is 2.81. The van der Waals surface area contributed by atoms with Gasteiger partial charge in [0.05, 0.1) is 11.3 Å². The van der Waals surface area contributed by atoms with Crippen LogP contribution in [0, 0.1) is 11.6 Å². The minimum Gasteiger partial charge on any atom is -0.478 e. The monoisotopic (exact) mass is 266 g/mol. The van der Waals surface area contributed by atoms with Crippen molar-refractivity contribution in [3.8, 4) is 11.3 Å². The molecule has 0 fully saturated rings. The van der Waals surface area contributed by atoms with Crippen LogP contribution in [0.1, 0.15) is 30.2 Å². The van der Waals surface area contributed by atoms with Gasteiger partial charge in [-0.15, -0.1) is 0 Å². The third kappa shape index (κ3) is 2.33. The molecule has 1 heterocycles. The van der Waals surface area contributed by atoms with Crippen molar-refractivity contribution >= 4 is 5.97 Å². The van der Waals surface area contributed by atoms with Crippen LogP contribution < -0.4 is 0 Å². The summed E-state index contributed by atoms with van der Waals surface area (Å²) in [5.41, 5.74) is -0.0662. The number of nitrogens with zero attached hydrogens (tertiary/aromatic N) is 2. The maximum Gasteiger partial charge on any atom is 0.335 e. The fourth-order valence-corrected chi connectivity index (χ4v) is 1.84. The molecule has 0 saturated heterocycles. The van der Waals surface area contributed by atoms with Crippen LogP contribution in [-0.4, -0.2) is 20.9 Å². The van der Waals surface area contributed by atoms with Crippen molar-refractivity contribution in [3.63, 3.8) is 0 Å². The largest absolute Gasteiger partial charge is 0.478 e. The van der Waals surface area contributed by atoms with E-state index in [0.29, 0.717) is 11.8 Å². The summed E-state index contributed by atoms with van der Waals surface area (Å²) in [7, 11) is 0. The second kappa shape index (κ2) is 4.79. The van der Waals surface area contributed by atoms with E-state index in [4.69, 9.17) is 5.11 Å². The molecule has 2 aromatic rings. The molecule has 6 heteroatoms. The van der Waals surface area contributed by atoms with E-state index in [1.807, 2.05) is 13.8 Å². The predicted molar refractivity (Wildman–Crippen MR) is 64.9 cm³/mol. The van der Waals surface area contributed by atoms with E-state index in [1.54, 1.807) is 0 Å². The van der Waals surface area contributed by atoms with Crippen molar-refractivity contribution in [1.82, 2.24) is 9.78 Å². The molecule has 100 valence electrons. The fraction of sp³-hybridized carbons (Fsp3) is 0.231. The Balaban J connectivity index is 2.67. The maximum atomic E-state index is 13.8. The number of carboxylic acids is 1. The molecule has 0 bridgehead atoms. The Kier molecular flexibility index (Phi) is 3.33. The molecule has 0 radical (unpaired) electrons. The number of halogens is 2. The van der Waals surface area contributed by atoms with Crippen LogP contribution in [0.15, 0.2) is 24.4 Å². The van der Waals surface area contributed by atoms with Crippen molar-refractivity contribution in [2.45, 2.75) is 19.9 Å². The lowest BCUT2D eigenvalue weighted by Crippen LogP contribution is -2.07. The van der Waals surface area contributed by atoms with E-state index < -0.39 is 17.6 Å². The molecule has 0 aliphatic rings. The van der Waals surface area contributed by atoms with Crippen LogP contribution in [0.5, 0.6) is 0 Å². The Morgan fingerprint density at radius 1 is 1.37 bits per heavy atom. The molecule has 2 rings (SSSR count). The summed E-state index contributed by atoms with van der Waals surface area (Å²) in [5.74, 6) is -3.57. The van der Waals surface area contributed by atoms with Gasteiger partial charge in [-0.3, -0.25) is 4.68 Å². The summed E-state index contributed by atoms with van der Waals surface area (Å²) in [6.45, 7) is 3.68. The SMILES string of the molecule is CC(C)n1nccc1-c1cc(C(=O)O)cc(F)c1F. The number of carbonyl (C=O) groups is 1. The first kappa shape index (κ1) is 13.2. The van der Waals surface area contributed by atoms with Crippen LogP contribution in [0.25, 0.3) is 11.3 Å². The molecule has 0 aliphatic carbocycles. The van der Waals surface area contributed by atoms with Gasteiger partial charge < -0.3 is 5.11 Å². The highest BCUT2D eigenvalue weighted by atomic mass is 19.2. The number of carboxylic acid groups (broad SMARTS) is 1.